The van der Waals surface area contributed by atoms with Gasteiger partial charge in [-0.3, -0.25) is 4.90 Å². The molecular weight excluding hydrogens is 196 g/mol. The van der Waals surface area contributed by atoms with Crippen LogP contribution >= 0.6 is 0 Å². The zero-order valence-electron chi connectivity index (χ0n) is 10.5. The fraction of sp³-hybridized carbons (Fsp3) is 0.571. The van der Waals surface area contributed by atoms with Gasteiger partial charge in [0, 0.05) is 31.7 Å². The molecule has 0 radical (unpaired) electrons. The molecular formula is C14H22N2. The molecule has 0 spiro atoms. The molecule has 1 aromatic rings. The van der Waals surface area contributed by atoms with Gasteiger partial charge in [0.25, 0.3) is 0 Å². The van der Waals surface area contributed by atoms with Gasteiger partial charge < -0.3 is 5.32 Å². The molecule has 0 aromatic heterocycles. The lowest BCUT2D eigenvalue weighted by molar-refractivity contribution is 0.109. The van der Waals surface area contributed by atoms with Crippen LogP contribution in [0.1, 0.15) is 25.0 Å². The molecule has 2 unspecified atom stereocenters. The first-order chi connectivity index (χ1) is 7.66. The van der Waals surface area contributed by atoms with Crippen LogP contribution in [0.5, 0.6) is 0 Å². The van der Waals surface area contributed by atoms with Crippen molar-refractivity contribution < 1.29 is 0 Å². The molecule has 0 aliphatic carbocycles. The van der Waals surface area contributed by atoms with Gasteiger partial charge in [0.05, 0.1) is 0 Å². The van der Waals surface area contributed by atoms with Gasteiger partial charge in [0.15, 0.2) is 0 Å². The summed E-state index contributed by atoms with van der Waals surface area (Å²) in [4.78, 5) is 2.58. The van der Waals surface area contributed by atoms with E-state index in [-0.39, 0.29) is 0 Å². The molecule has 1 heterocycles. The highest BCUT2D eigenvalue weighted by molar-refractivity contribution is 5.21. The molecule has 0 amide bonds. The Labute approximate surface area is 98.7 Å². The van der Waals surface area contributed by atoms with E-state index >= 15 is 0 Å². The summed E-state index contributed by atoms with van der Waals surface area (Å²) in [6.07, 6.45) is 0. The molecule has 0 bridgehead atoms. The summed E-state index contributed by atoms with van der Waals surface area (Å²) in [6.45, 7) is 10.0. The van der Waals surface area contributed by atoms with Gasteiger partial charge in [-0.15, -0.1) is 0 Å². The van der Waals surface area contributed by atoms with Crippen molar-refractivity contribution in [2.24, 2.45) is 0 Å². The van der Waals surface area contributed by atoms with E-state index in [1.54, 1.807) is 0 Å². The summed E-state index contributed by atoms with van der Waals surface area (Å²) in [6, 6.07) is 10.2. The summed E-state index contributed by atoms with van der Waals surface area (Å²) in [5, 5.41) is 3.47. The van der Waals surface area contributed by atoms with Crippen molar-refractivity contribution in [2.75, 3.05) is 13.1 Å². The Morgan fingerprint density at radius 2 is 1.69 bits per heavy atom. The average molecular weight is 218 g/mol. The van der Waals surface area contributed by atoms with Crippen molar-refractivity contribution in [3.63, 3.8) is 0 Å². The van der Waals surface area contributed by atoms with E-state index in [1.807, 2.05) is 0 Å². The van der Waals surface area contributed by atoms with Gasteiger partial charge in [0.2, 0.25) is 0 Å². The van der Waals surface area contributed by atoms with Crippen LogP contribution in [-0.2, 0) is 6.54 Å². The van der Waals surface area contributed by atoms with Crippen molar-refractivity contribution in [1.29, 1.82) is 0 Å². The Morgan fingerprint density at radius 3 is 2.25 bits per heavy atom. The zero-order valence-corrected chi connectivity index (χ0v) is 10.5. The normalized spacial score (nSPS) is 26.9. The molecule has 1 saturated heterocycles. The van der Waals surface area contributed by atoms with Gasteiger partial charge in [0.1, 0.15) is 0 Å². The maximum absolute atomic E-state index is 3.47. The summed E-state index contributed by atoms with van der Waals surface area (Å²) >= 11 is 0. The van der Waals surface area contributed by atoms with E-state index in [2.05, 4.69) is 55.3 Å². The van der Waals surface area contributed by atoms with Crippen LogP contribution in [-0.4, -0.2) is 30.1 Å². The number of nitrogens with one attached hydrogen (secondary N) is 1. The molecule has 16 heavy (non-hydrogen) atoms. The molecule has 1 aromatic carbocycles. The van der Waals surface area contributed by atoms with Gasteiger partial charge in [-0.1, -0.05) is 29.8 Å². The molecule has 1 aliphatic rings. The first-order valence-electron chi connectivity index (χ1n) is 6.19. The predicted molar refractivity (Wildman–Crippen MR) is 68.5 cm³/mol. The van der Waals surface area contributed by atoms with E-state index in [0.717, 1.165) is 19.6 Å². The minimum absolute atomic E-state index is 0.630. The van der Waals surface area contributed by atoms with Crippen molar-refractivity contribution >= 4 is 0 Å². The third-order valence-corrected chi connectivity index (χ3v) is 3.50. The molecule has 88 valence electrons. The van der Waals surface area contributed by atoms with E-state index < -0.39 is 0 Å². The summed E-state index contributed by atoms with van der Waals surface area (Å²) < 4.78 is 0. The number of benzene rings is 1. The van der Waals surface area contributed by atoms with Crippen LogP contribution in [0.4, 0.5) is 0 Å². The first kappa shape index (κ1) is 11.6. The highest BCUT2D eigenvalue weighted by atomic mass is 15.2. The number of hydrogen-bond donors (Lipinski definition) is 1. The number of piperazine rings is 1. The average Bonchev–Trinajstić information content (AvgIpc) is 2.26. The highest BCUT2D eigenvalue weighted by Crippen LogP contribution is 2.15. The van der Waals surface area contributed by atoms with Crippen molar-refractivity contribution in [2.45, 2.75) is 39.4 Å². The predicted octanol–water partition coefficient (Wildman–Crippen LogP) is 2.18. The summed E-state index contributed by atoms with van der Waals surface area (Å²) in [5.74, 6) is 0. The lowest BCUT2D eigenvalue weighted by Crippen LogP contribution is -2.54. The number of rotatable bonds is 2. The van der Waals surface area contributed by atoms with Crippen molar-refractivity contribution in [1.82, 2.24) is 10.2 Å². The Kier molecular flexibility index (Phi) is 3.62. The van der Waals surface area contributed by atoms with Crippen LogP contribution in [0, 0.1) is 6.92 Å². The Bertz CT molecular complexity index is 321. The minimum atomic E-state index is 0.630. The van der Waals surface area contributed by atoms with Crippen LogP contribution < -0.4 is 5.32 Å². The van der Waals surface area contributed by atoms with Crippen LogP contribution in [0.15, 0.2) is 24.3 Å². The second kappa shape index (κ2) is 4.98. The van der Waals surface area contributed by atoms with Crippen LogP contribution in [0.2, 0.25) is 0 Å². The van der Waals surface area contributed by atoms with Crippen molar-refractivity contribution in [3.05, 3.63) is 35.4 Å². The van der Waals surface area contributed by atoms with Crippen LogP contribution in [0.3, 0.4) is 0 Å². The Hall–Kier alpha value is -0.860. The van der Waals surface area contributed by atoms with Crippen LogP contribution in [0.25, 0.3) is 0 Å². The third kappa shape index (κ3) is 2.63. The quantitative estimate of drug-likeness (QED) is 0.818. The Morgan fingerprint density at radius 1 is 1.12 bits per heavy atom. The molecule has 2 nitrogen and oxygen atoms in total. The molecule has 1 N–H and O–H groups in total. The monoisotopic (exact) mass is 218 g/mol. The van der Waals surface area contributed by atoms with Gasteiger partial charge in [-0.05, 0) is 26.3 Å². The summed E-state index contributed by atoms with van der Waals surface area (Å²) in [7, 11) is 0. The first-order valence-corrected chi connectivity index (χ1v) is 6.19. The van der Waals surface area contributed by atoms with E-state index in [4.69, 9.17) is 0 Å². The minimum Gasteiger partial charge on any atom is -0.314 e. The molecule has 0 saturated carbocycles. The number of nitrogens with zero attached hydrogens (tertiary/aromatic N) is 1. The largest absolute Gasteiger partial charge is 0.314 e. The maximum Gasteiger partial charge on any atom is 0.0240 e. The van der Waals surface area contributed by atoms with Gasteiger partial charge >= 0.3 is 0 Å². The summed E-state index contributed by atoms with van der Waals surface area (Å²) in [5.41, 5.74) is 2.76. The third-order valence-electron chi connectivity index (χ3n) is 3.50. The van der Waals surface area contributed by atoms with Gasteiger partial charge in [-0.25, -0.2) is 0 Å². The topological polar surface area (TPSA) is 15.3 Å². The lowest BCUT2D eigenvalue weighted by atomic mass is 10.1. The zero-order chi connectivity index (χ0) is 11.5. The van der Waals surface area contributed by atoms with E-state index in [1.165, 1.54) is 11.1 Å². The van der Waals surface area contributed by atoms with Crippen molar-refractivity contribution in [3.8, 4) is 0 Å². The SMILES string of the molecule is Cc1ccc(CN2C(C)CNCC2C)cc1. The second-order valence-electron chi connectivity index (χ2n) is 5.01. The van der Waals surface area contributed by atoms with E-state index in [9.17, 15) is 0 Å². The molecule has 2 atom stereocenters. The lowest BCUT2D eigenvalue weighted by Gasteiger charge is -2.39. The standard InChI is InChI=1S/C14H22N2/c1-11-4-6-14(7-5-11)10-16-12(2)8-15-9-13(16)3/h4-7,12-13,15H,8-10H2,1-3H3. The smallest absolute Gasteiger partial charge is 0.0240 e. The fourth-order valence-electron chi connectivity index (χ4n) is 2.39. The molecule has 2 heteroatoms. The Balaban J connectivity index is 2.04. The molecule has 2 rings (SSSR count). The number of hydrogen-bond acceptors (Lipinski definition) is 2. The van der Waals surface area contributed by atoms with Gasteiger partial charge in [-0.2, -0.15) is 0 Å². The highest BCUT2D eigenvalue weighted by Gasteiger charge is 2.23. The molecule has 1 aliphatic heterocycles. The fourth-order valence-corrected chi connectivity index (χ4v) is 2.39. The molecule has 1 fully saturated rings. The number of aryl methyl sites for hydroxylation is 1. The maximum atomic E-state index is 3.47. The second-order valence-corrected chi connectivity index (χ2v) is 5.01. The van der Waals surface area contributed by atoms with E-state index in [0.29, 0.717) is 12.1 Å².